The van der Waals surface area contributed by atoms with E-state index >= 15 is 0 Å². The van der Waals surface area contributed by atoms with Gasteiger partial charge in [0.25, 0.3) is 0 Å². The van der Waals surface area contributed by atoms with E-state index in [1.165, 1.54) is 0 Å². The lowest BCUT2D eigenvalue weighted by atomic mass is 10.00. The van der Waals surface area contributed by atoms with Gasteiger partial charge < -0.3 is 54.2 Å². The molecule has 0 saturated carbocycles. The third-order valence-electron chi connectivity index (χ3n) is 6.47. The Labute approximate surface area is 265 Å². The maximum Gasteiger partial charge on any atom is 0.305 e. The van der Waals surface area contributed by atoms with E-state index in [2.05, 4.69) is 31.9 Å². The number of primary amides is 1. The van der Waals surface area contributed by atoms with Gasteiger partial charge in [-0.3, -0.25) is 39.0 Å². The molecule has 0 aliphatic carbocycles. The summed E-state index contributed by atoms with van der Waals surface area (Å²) in [5.41, 5.74) is 16.6. The normalized spacial score (nSPS) is 13.2. The molecule has 14 N–H and O–H groups in total. The predicted molar refractivity (Wildman–Crippen MR) is 165 cm³/mol. The zero-order valence-corrected chi connectivity index (χ0v) is 25.8. The number of carboxylic acid groups (broad SMARTS) is 1. The second kappa shape index (κ2) is 19.9. The topological polar surface area (TPSA) is 314 Å². The number of benzene rings is 1. The Bertz CT molecular complexity index is 1240. The first-order valence-corrected chi connectivity index (χ1v) is 14.4. The van der Waals surface area contributed by atoms with Crippen LogP contribution >= 0.6 is 0 Å². The molecule has 0 aliphatic heterocycles. The summed E-state index contributed by atoms with van der Waals surface area (Å²) in [6.07, 6.45) is -0.384. The van der Waals surface area contributed by atoms with Crippen molar-refractivity contribution in [2.75, 3.05) is 19.6 Å². The quantitative estimate of drug-likeness (QED) is 0.0369. The van der Waals surface area contributed by atoms with Crippen LogP contribution in [0, 0.1) is 11.3 Å². The largest absolute Gasteiger partial charge is 0.481 e. The van der Waals surface area contributed by atoms with Crippen molar-refractivity contribution >= 4 is 47.4 Å². The molecule has 18 heteroatoms. The maximum atomic E-state index is 13.4. The number of carbonyl (C=O) groups excluding carboxylic acids is 6. The molecule has 0 aromatic heterocycles. The number of guanidine groups is 1. The highest BCUT2D eigenvalue weighted by Gasteiger charge is 2.31. The zero-order chi connectivity index (χ0) is 34.8. The van der Waals surface area contributed by atoms with Crippen molar-refractivity contribution in [3.05, 3.63) is 35.9 Å². The molecule has 6 amide bonds. The molecule has 46 heavy (non-hydrogen) atoms. The maximum absolute atomic E-state index is 13.4. The van der Waals surface area contributed by atoms with E-state index in [-0.39, 0.29) is 38.3 Å². The summed E-state index contributed by atoms with van der Waals surface area (Å²) in [5.74, 6) is -6.91. The third kappa shape index (κ3) is 15.0. The number of rotatable bonds is 20. The number of amides is 6. The van der Waals surface area contributed by atoms with E-state index in [0.717, 1.165) is 5.56 Å². The van der Waals surface area contributed by atoms with Crippen molar-refractivity contribution < 1.29 is 38.7 Å². The first-order valence-electron chi connectivity index (χ1n) is 14.4. The molecule has 254 valence electrons. The molecule has 1 unspecified atom stereocenters. The standard InChI is InChI=1S/C28H44N10O8/c1-15(2)23(38-26(45)19(36-20(39)13-29)11-16-7-4-3-5-8-16)27(46)37-17(9-6-10-33-28(31)32)25(44)34-14-21(40)35-18(24(30)43)12-22(41)42/h3-5,7-8,15,17-19,23H,6,9-14,29H2,1-2H3,(H2,30,43)(H,34,44)(H,35,40)(H,36,39)(H,37,46)(H,38,45)(H,41,42)(H4,31,32,33)/t17-,18-,19?,23-/m0/s1. The summed E-state index contributed by atoms with van der Waals surface area (Å²) in [6.45, 7) is 2.47. The van der Waals surface area contributed by atoms with Crippen molar-refractivity contribution in [1.29, 1.82) is 5.41 Å². The van der Waals surface area contributed by atoms with E-state index in [1.807, 2.05) is 0 Å². The lowest BCUT2D eigenvalue weighted by molar-refractivity contribution is -0.140. The zero-order valence-electron chi connectivity index (χ0n) is 25.8. The summed E-state index contributed by atoms with van der Waals surface area (Å²) in [4.78, 5) is 86.5. The van der Waals surface area contributed by atoms with Gasteiger partial charge in [0.2, 0.25) is 35.4 Å². The van der Waals surface area contributed by atoms with E-state index in [4.69, 9.17) is 27.7 Å². The monoisotopic (exact) mass is 648 g/mol. The molecule has 4 atom stereocenters. The predicted octanol–water partition coefficient (Wildman–Crippen LogP) is -3.88. The van der Waals surface area contributed by atoms with Gasteiger partial charge >= 0.3 is 5.97 Å². The van der Waals surface area contributed by atoms with Crippen molar-refractivity contribution in [2.45, 2.75) is 63.7 Å². The van der Waals surface area contributed by atoms with E-state index in [0.29, 0.717) is 0 Å². The average Bonchev–Trinajstić information content (AvgIpc) is 2.99. The van der Waals surface area contributed by atoms with Crippen molar-refractivity contribution in [3.63, 3.8) is 0 Å². The second-order valence-electron chi connectivity index (χ2n) is 10.6. The van der Waals surface area contributed by atoms with Crippen molar-refractivity contribution in [2.24, 2.45) is 23.1 Å². The Hall–Kier alpha value is -5.26. The van der Waals surface area contributed by atoms with E-state index in [1.54, 1.807) is 44.2 Å². The number of aliphatic carboxylic acids is 1. The molecular weight excluding hydrogens is 604 g/mol. The van der Waals surface area contributed by atoms with Crippen LogP contribution < -0.4 is 49.1 Å². The highest BCUT2D eigenvalue weighted by molar-refractivity contribution is 5.96. The number of hydrogen-bond acceptors (Lipinski definition) is 9. The molecule has 0 radical (unpaired) electrons. The minimum atomic E-state index is -1.51. The van der Waals surface area contributed by atoms with Crippen molar-refractivity contribution in [3.8, 4) is 0 Å². The SMILES string of the molecule is CC(C)[C@H](NC(=O)C(Cc1ccccc1)NC(=O)CN)C(=O)N[C@@H](CCCNC(=N)N)C(=O)NCC(=O)N[C@@H](CC(=O)O)C(N)=O. The van der Waals surface area contributed by atoms with Crippen LogP contribution in [0.1, 0.15) is 38.7 Å². The molecule has 0 saturated heterocycles. The highest BCUT2D eigenvalue weighted by atomic mass is 16.4. The molecule has 0 spiro atoms. The van der Waals surface area contributed by atoms with Gasteiger partial charge in [-0.1, -0.05) is 44.2 Å². The summed E-state index contributed by atoms with van der Waals surface area (Å²) in [7, 11) is 0. The molecule has 0 bridgehead atoms. The average molecular weight is 649 g/mol. The molecule has 18 nitrogen and oxygen atoms in total. The van der Waals surface area contributed by atoms with Crippen LogP contribution in [0.3, 0.4) is 0 Å². The van der Waals surface area contributed by atoms with Gasteiger partial charge in [0, 0.05) is 13.0 Å². The van der Waals surface area contributed by atoms with Gasteiger partial charge in [0.15, 0.2) is 5.96 Å². The second-order valence-corrected chi connectivity index (χ2v) is 10.6. The summed E-state index contributed by atoms with van der Waals surface area (Å²) in [5, 5.41) is 30.9. The Morgan fingerprint density at radius 2 is 1.43 bits per heavy atom. The fraction of sp³-hybridized carbons (Fsp3) is 0.500. The van der Waals surface area contributed by atoms with Crippen LogP contribution in [0.15, 0.2) is 30.3 Å². The minimum absolute atomic E-state index is 0.0182. The Morgan fingerprint density at radius 3 is 1.98 bits per heavy atom. The summed E-state index contributed by atoms with van der Waals surface area (Å²) >= 11 is 0. The van der Waals surface area contributed by atoms with E-state index < -0.39 is 84.5 Å². The van der Waals surface area contributed by atoms with Crippen LogP contribution in [0.25, 0.3) is 0 Å². The molecule has 1 rings (SSSR count). The van der Waals surface area contributed by atoms with Gasteiger partial charge in [-0.05, 0) is 24.3 Å². The summed E-state index contributed by atoms with van der Waals surface area (Å²) in [6, 6.07) is 3.93. The van der Waals surface area contributed by atoms with Gasteiger partial charge in [-0.15, -0.1) is 0 Å². The fourth-order valence-corrected chi connectivity index (χ4v) is 4.09. The van der Waals surface area contributed by atoms with Crippen LogP contribution in [0.5, 0.6) is 0 Å². The van der Waals surface area contributed by atoms with Gasteiger partial charge in [0.1, 0.15) is 24.2 Å². The molecular formula is C28H44N10O8. The van der Waals surface area contributed by atoms with Crippen LogP contribution in [-0.2, 0) is 40.0 Å². The Kier molecular flexibility index (Phi) is 16.8. The number of carboxylic acids is 1. The van der Waals surface area contributed by atoms with Crippen LogP contribution in [-0.4, -0.2) is 96.3 Å². The van der Waals surface area contributed by atoms with Gasteiger partial charge in [-0.25, -0.2) is 0 Å². The van der Waals surface area contributed by atoms with Crippen LogP contribution in [0.2, 0.25) is 0 Å². The summed E-state index contributed by atoms with van der Waals surface area (Å²) < 4.78 is 0. The number of nitrogens with two attached hydrogens (primary N) is 3. The highest BCUT2D eigenvalue weighted by Crippen LogP contribution is 2.08. The van der Waals surface area contributed by atoms with Gasteiger partial charge in [0.05, 0.1) is 19.5 Å². The minimum Gasteiger partial charge on any atom is -0.481 e. The smallest absolute Gasteiger partial charge is 0.305 e. The van der Waals surface area contributed by atoms with E-state index in [9.17, 15) is 33.6 Å². The Morgan fingerprint density at radius 1 is 0.804 bits per heavy atom. The molecule has 0 aliphatic rings. The number of carbonyl (C=O) groups is 7. The molecule has 1 aromatic rings. The molecule has 1 aromatic carbocycles. The third-order valence-corrected chi connectivity index (χ3v) is 6.47. The number of nitrogens with one attached hydrogen (secondary N) is 7. The van der Waals surface area contributed by atoms with Crippen molar-refractivity contribution in [1.82, 2.24) is 31.9 Å². The number of hydrogen-bond donors (Lipinski definition) is 11. The lowest BCUT2D eigenvalue weighted by Crippen LogP contribution is -2.59. The molecule has 0 heterocycles. The van der Waals surface area contributed by atoms with Gasteiger partial charge in [-0.2, -0.15) is 0 Å². The first kappa shape index (κ1) is 38.8. The fourth-order valence-electron chi connectivity index (χ4n) is 4.09. The molecule has 0 fully saturated rings. The first-order chi connectivity index (χ1) is 21.6. The van der Waals surface area contributed by atoms with Crippen LogP contribution in [0.4, 0.5) is 0 Å². The lowest BCUT2D eigenvalue weighted by Gasteiger charge is -2.27. The Balaban J connectivity index is 3.05.